The Balaban J connectivity index is 1.98. The number of halogens is 1. The van der Waals surface area contributed by atoms with Crippen LogP contribution in [-0.4, -0.2) is 36.7 Å². The Morgan fingerprint density at radius 2 is 1.90 bits per heavy atom. The summed E-state index contributed by atoms with van der Waals surface area (Å²) in [5, 5.41) is 17.2. The molecule has 2 rings (SSSR count). The Kier molecular flexibility index (Phi) is 7.70. The molecule has 2 aromatic carbocycles. The first-order chi connectivity index (χ1) is 14.2. The van der Waals surface area contributed by atoms with Crippen molar-refractivity contribution in [2.24, 2.45) is 5.10 Å². The summed E-state index contributed by atoms with van der Waals surface area (Å²) in [6.45, 7) is 1.56. The molecule has 0 aliphatic carbocycles. The van der Waals surface area contributed by atoms with Crippen LogP contribution in [0.15, 0.2) is 41.5 Å². The van der Waals surface area contributed by atoms with E-state index >= 15 is 0 Å². The number of carbonyl (C=O) groups excluding carboxylic acids is 2. The number of nitrogens with zero attached hydrogens (tertiary/aromatic N) is 2. The van der Waals surface area contributed by atoms with Gasteiger partial charge in [0.1, 0.15) is 16.5 Å². The highest BCUT2D eigenvalue weighted by Gasteiger charge is 2.15. The van der Waals surface area contributed by atoms with Crippen LogP contribution >= 0.6 is 11.6 Å². The van der Waals surface area contributed by atoms with Crippen molar-refractivity contribution >= 4 is 40.5 Å². The predicted molar refractivity (Wildman–Crippen MR) is 111 cm³/mol. The summed E-state index contributed by atoms with van der Waals surface area (Å²) >= 11 is 5.79. The van der Waals surface area contributed by atoms with Gasteiger partial charge < -0.3 is 14.8 Å². The molecular formula is C19H19ClN4O6. The molecule has 0 spiro atoms. The molecule has 0 fully saturated rings. The van der Waals surface area contributed by atoms with E-state index in [-0.39, 0.29) is 28.6 Å². The Bertz CT molecular complexity index is 1010. The monoisotopic (exact) mass is 434 g/mol. The molecule has 0 aliphatic heterocycles. The molecule has 0 aliphatic rings. The highest BCUT2D eigenvalue weighted by atomic mass is 35.5. The van der Waals surface area contributed by atoms with Gasteiger partial charge in [-0.25, -0.2) is 5.43 Å². The Labute approximate surface area is 177 Å². The molecule has 0 heterocycles. The Morgan fingerprint density at radius 1 is 1.17 bits per heavy atom. The van der Waals surface area contributed by atoms with Crippen LogP contribution in [-0.2, 0) is 4.79 Å². The SMILES string of the molecule is COc1ccc(NC(=O)CC(C)=NNC(=O)c2ccc([N+](=O)[O-])c(Cl)c2)c(OC)c1. The van der Waals surface area contributed by atoms with Gasteiger partial charge in [0.05, 0.1) is 31.3 Å². The zero-order valence-corrected chi connectivity index (χ0v) is 17.1. The highest BCUT2D eigenvalue weighted by Crippen LogP contribution is 2.29. The van der Waals surface area contributed by atoms with Gasteiger partial charge in [-0.2, -0.15) is 5.10 Å². The highest BCUT2D eigenvalue weighted by molar-refractivity contribution is 6.33. The molecule has 158 valence electrons. The minimum absolute atomic E-state index is 0.0868. The molecular weight excluding hydrogens is 416 g/mol. The maximum Gasteiger partial charge on any atom is 0.287 e. The second-order valence-electron chi connectivity index (χ2n) is 6.00. The van der Waals surface area contributed by atoms with Gasteiger partial charge in [0, 0.05) is 23.4 Å². The van der Waals surface area contributed by atoms with Gasteiger partial charge >= 0.3 is 0 Å². The fourth-order valence-corrected chi connectivity index (χ4v) is 2.62. The molecule has 0 radical (unpaired) electrons. The number of rotatable bonds is 8. The zero-order chi connectivity index (χ0) is 22.3. The third-order valence-corrected chi connectivity index (χ3v) is 4.16. The van der Waals surface area contributed by atoms with Crippen molar-refractivity contribution in [3.05, 3.63) is 57.1 Å². The van der Waals surface area contributed by atoms with Gasteiger partial charge in [0.2, 0.25) is 5.91 Å². The lowest BCUT2D eigenvalue weighted by Gasteiger charge is -2.11. The van der Waals surface area contributed by atoms with Crippen LogP contribution in [0.5, 0.6) is 11.5 Å². The number of hydrogen-bond donors (Lipinski definition) is 2. The lowest BCUT2D eigenvalue weighted by atomic mass is 10.2. The first kappa shape index (κ1) is 22.6. The van der Waals surface area contributed by atoms with Gasteiger partial charge in [0.15, 0.2) is 0 Å². The van der Waals surface area contributed by atoms with Crippen LogP contribution in [0.2, 0.25) is 5.02 Å². The zero-order valence-electron chi connectivity index (χ0n) is 16.4. The number of anilines is 1. The summed E-state index contributed by atoms with van der Waals surface area (Å²) < 4.78 is 10.3. The van der Waals surface area contributed by atoms with Crippen molar-refractivity contribution in [1.82, 2.24) is 5.43 Å². The molecule has 0 atom stereocenters. The van der Waals surface area contributed by atoms with E-state index in [1.807, 2.05) is 0 Å². The molecule has 11 heteroatoms. The lowest BCUT2D eigenvalue weighted by molar-refractivity contribution is -0.384. The van der Waals surface area contributed by atoms with Crippen molar-refractivity contribution in [3.63, 3.8) is 0 Å². The lowest BCUT2D eigenvalue weighted by Crippen LogP contribution is -2.21. The number of hydrazone groups is 1. The molecule has 2 N–H and O–H groups in total. The van der Waals surface area contributed by atoms with Crippen molar-refractivity contribution in [2.45, 2.75) is 13.3 Å². The number of carbonyl (C=O) groups is 2. The van der Waals surface area contributed by atoms with Crippen LogP contribution in [0, 0.1) is 10.1 Å². The summed E-state index contributed by atoms with van der Waals surface area (Å²) in [6.07, 6.45) is -0.0868. The summed E-state index contributed by atoms with van der Waals surface area (Å²) in [5.41, 5.74) is 2.86. The summed E-state index contributed by atoms with van der Waals surface area (Å²) in [7, 11) is 2.99. The average molecular weight is 435 g/mol. The quantitative estimate of drug-likeness (QED) is 0.371. The summed E-state index contributed by atoms with van der Waals surface area (Å²) in [5.74, 6) is 0.0213. The third kappa shape index (κ3) is 5.92. The van der Waals surface area contributed by atoms with Crippen LogP contribution in [0.1, 0.15) is 23.7 Å². The predicted octanol–water partition coefficient (Wildman–Crippen LogP) is 3.40. The van der Waals surface area contributed by atoms with Crippen molar-refractivity contribution < 1.29 is 24.0 Å². The fraction of sp³-hybridized carbons (Fsp3) is 0.211. The number of hydrogen-bond acceptors (Lipinski definition) is 7. The van der Waals surface area contributed by atoms with E-state index in [9.17, 15) is 19.7 Å². The third-order valence-electron chi connectivity index (χ3n) is 3.85. The maximum atomic E-state index is 12.2. The van der Waals surface area contributed by atoms with Crippen molar-refractivity contribution in [2.75, 3.05) is 19.5 Å². The standard InChI is InChI=1S/C19H19ClN4O6/c1-11(8-18(25)21-15-6-5-13(29-2)10-17(15)30-3)22-23-19(26)12-4-7-16(24(27)28)14(20)9-12/h4-7,9-10H,8H2,1-3H3,(H,21,25)(H,23,26). The molecule has 0 saturated heterocycles. The fourth-order valence-electron chi connectivity index (χ4n) is 2.38. The largest absolute Gasteiger partial charge is 0.497 e. The molecule has 0 aromatic heterocycles. The van der Waals surface area contributed by atoms with E-state index < -0.39 is 10.8 Å². The van der Waals surface area contributed by atoms with E-state index in [0.717, 1.165) is 6.07 Å². The first-order valence-electron chi connectivity index (χ1n) is 8.54. The minimum Gasteiger partial charge on any atom is -0.497 e. The molecule has 30 heavy (non-hydrogen) atoms. The maximum absolute atomic E-state index is 12.2. The van der Waals surface area contributed by atoms with Crippen LogP contribution in [0.25, 0.3) is 0 Å². The molecule has 0 saturated carbocycles. The molecule has 2 aromatic rings. The van der Waals surface area contributed by atoms with E-state index in [2.05, 4.69) is 15.8 Å². The number of ether oxygens (including phenoxy) is 2. The van der Waals surface area contributed by atoms with Gasteiger partial charge in [-0.1, -0.05) is 11.6 Å². The second kappa shape index (κ2) is 10.2. The Morgan fingerprint density at radius 3 is 2.50 bits per heavy atom. The normalized spacial score (nSPS) is 10.9. The number of benzene rings is 2. The topological polar surface area (TPSA) is 132 Å². The number of nitro groups is 1. The minimum atomic E-state index is -0.650. The van der Waals surface area contributed by atoms with Crippen molar-refractivity contribution in [1.29, 1.82) is 0 Å². The second-order valence-corrected chi connectivity index (χ2v) is 6.41. The van der Waals surface area contributed by atoms with Gasteiger partial charge in [0.25, 0.3) is 11.6 Å². The van der Waals surface area contributed by atoms with Gasteiger partial charge in [-0.15, -0.1) is 0 Å². The van der Waals surface area contributed by atoms with E-state index in [0.29, 0.717) is 22.9 Å². The molecule has 10 nitrogen and oxygen atoms in total. The van der Waals surface area contributed by atoms with E-state index in [1.165, 1.54) is 26.4 Å². The number of nitrogens with one attached hydrogen (secondary N) is 2. The van der Waals surface area contributed by atoms with Crippen LogP contribution in [0.4, 0.5) is 11.4 Å². The van der Waals surface area contributed by atoms with Crippen molar-refractivity contribution in [3.8, 4) is 11.5 Å². The molecule has 2 amide bonds. The van der Waals surface area contributed by atoms with E-state index in [4.69, 9.17) is 21.1 Å². The Hall–Kier alpha value is -3.66. The molecule has 0 unspecified atom stereocenters. The number of nitro benzene ring substituents is 1. The smallest absolute Gasteiger partial charge is 0.287 e. The number of amides is 2. The van der Waals surface area contributed by atoms with Crippen LogP contribution in [0.3, 0.4) is 0 Å². The van der Waals surface area contributed by atoms with E-state index in [1.54, 1.807) is 25.1 Å². The number of methoxy groups -OCH3 is 2. The average Bonchev–Trinajstić information content (AvgIpc) is 2.71. The first-order valence-corrected chi connectivity index (χ1v) is 8.92. The molecule has 0 bridgehead atoms. The summed E-state index contributed by atoms with van der Waals surface area (Å²) in [4.78, 5) is 34.5. The van der Waals surface area contributed by atoms with Crippen LogP contribution < -0.4 is 20.2 Å². The van der Waals surface area contributed by atoms with Gasteiger partial charge in [-0.05, 0) is 31.2 Å². The summed E-state index contributed by atoms with van der Waals surface area (Å²) in [6, 6.07) is 8.50. The van der Waals surface area contributed by atoms with Gasteiger partial charge in [-0.3, -0.25) is 19.7 Å².